The molecule has 1 fully saturated rings. The van der Waals surface area contributed by atoms with Gasteiger partial charge in [-0.15, -0.1) is 0 Å². The molecule has 1 aromatic carbocycles. The monoisotopic (exact) mass is 313 g/mol. The average Bonchev–Trinajstić information content (AvgIpc) is 2.68. The topological polar surface area (TPSA) is 12.0 Å². The van der Waals surface area contributed by atoms with Gasteiger partial charge in [-0.05, 0) is 45.8 Å². The van der Waals surface area contributed by atoms with Crippen LogP contribution in [0.15, 0.2) is 22.7 Å². The van der Waals surface area contributed by atoms with Crippen molar-refractivity contribution in [2.45, 2.75) is 33.7 Å². The molecule has 0 aromatic heterocycles. The minimum absolute atomic E-state index is 0.0625. The molecule has 0 aliphatic heterocycles. The third kappa shape index (κ3) is 1.83. The van der Waals surface area contributed by atoms with Crippen molar-refractivity contribution in [2.24, 2.45) is 16.7 Å². The molecule has 0 saturated heterocycles. The van der Waals surface area contributed by atoms with E-state index in [1.54, 1.807) is 6.07 Å². The Bertz CT molecular complexity index is 454. The van der Waals surface area contributed by atoms with E-state index in [0.717, 1.165) is 5.56 Å². The molecule has 0 amide bonds. The molecule has 1 nitrogen and oxygen atoms in total. The molecule has 1 aliphatic rings. The molecule has 1 aliphatic carbocycles. The van der Waals surface area contributed by atoms with E-state index >= 15 is 0 Å². The summed E-state index contributed by atoms with van der Waals surface area (Å²) in [5, 5.41) is 3.30. The van der Waals surface area contributed by atoms with Crippen molar-refractivity contribution in [1.82, 2.24) is 5.32 Å². The Kier molecular flexibility index (Phi) is 3.35. The summed E-state index contributed by atoms with van der Waals surface area (Å²) in [6.07, 6.45) is 0. The third-order valence-electron chi connectivity index (χ3n) is 5.09. The van der Waals surface area contributed by atoms with E-state index < -0.39 is 0 Å². The van der Waals surface area contributed by atoms with Crippen LogP contribution in [0.2, 0.25) is 0 Å². The van der Waals surface area contributed by atoms with Gasteiger partial charge in [-0.3, -0.25) is 0 Å². The van der Waals surface area contributed by atoms with Crippen LogP contribution in [0.3, 0.4) is 0 Å². The van der Waals surface area contributed by atoms with Crippen molar-refractivity contribution >= 4 is 15.9 Å². The highest BCUT2D eigenvalue weighted by atomic mass is 79.9. The Hall–Kier alpha value is -0.410. The van der Waals surface area contributed by atoms with Crippen molar-refractivity contribution in [3.05, 3.63) is 34.1 Å². The number of halogens is 2. The first kappa shape index (κ1) is 14.0. The molecule has 18 heavy (non-hydrogen) atoms. The molecule has 1 N–H and O–H groups in total. The fraction of sp³-hybridized carbons (Fsp3) is 0.600. The van der Waals surface area contributed by atoms with Crippen molar-refractivity contribution < 1.29 is 4.39 Å². The van der Waals surface area contributed by atoms with Gasteiger partial charge in [0.25, 0.3) is 0 Å². The van der Waals surface area contributed by atoms with E-state index in [9.17, 15) is 4.39 Å². The van der Waals surface area contributed by atoms with E-state index in [0.29, 0.717) is 10.4 Å². The van der Waals surface area contributed by atoms with Crippen LogP contribution in [0.4, 0.5) is 4.39 Å². The zero-order chi connectivity index (χ0) is 13.7. The molecule has 3 heteroatoms. The van der Waals surface area contributed by atoms with Crippen LogP contribution < -0.4 is 5.32 Å². The second-order valence-electron chi connectivity index (χ2n) is 6.33. The first-order valence-corrected chi connectivity index (χ1v) is 7.15. The molecule has 1 atom stereocenters. The second-order valence-corrected chi connectivity index (χ2v) is 7.18. The Morgan fingerprint density at radius 3 is 2.22 bits per heavy atom. The number of benzene rings is 1. The van der Waals surface area contributed by atoms with Gasteiger partial charge in [0.05, 0.1) is 4.47 Å². The van der Waals surface area contributed by atoms with E-state index in [2.05, 4.69) is 48.9 Å². The molecular weight excluding hydrogens is 293 g/mol. The van der Waals surface area contributed by atoms with Gasteiger partial charge in [0.2, 0.25) is 0 Å². The standard InChI is InChI=1S/C15H21BrFN/c1-14(2)13(15(14,3)4)12(18-5)9-7-6-8-10(16)11(9)17/h6-8,12-13,18H,1-5H3. The van der Waals surface area contributed by atoms with Crippen LogP contribution in [-0.4, -0.2) is 7.05 Å². The molecule has 100 valence electrons. The average molecular weight is 314 g/mol. The minimum Gasteiger partial charge on any atom is -0.313 e. The van der Waals surface area contributed by atoms with E-state index in [1.165, 1.54) is 0 Å². The van der Waals surface area contributed by atoms with Crippen molar-refractivity contribution in [2.75, 3.05) is 7.05 Å². The van der Waals surface area contributed by atoms with Crippen LogP contribution in [-0.2, 0) is 0 Å². The first-order chi connectivity index (χ1) is 8.25. The molecule has 2 rings (SSSR count). The van der Waals surface area contributed by atoms with Crippen LogP contribution in [0, 0.1) is 22.6 Å². The van der Waals surface area contributed by atoms with Crippen LogP contribution in [0.5, 0.6) is 0 Å². The van der Waals surface area contributed by atoms with Gasteiger partial charge >= 0.3 is 0 Å². The minimum atomic E-state index is -0.143. The van der Waals surface area contributed by atoms with E-state index in [-0.39, 0.29) is 22.7 Å². The highest BCUT2D eigenvalue weighted by Crippen LogP contribution is 2.72. The number of rotatable bonds is 3. The molecular formula is C15H21BrFN. The summed E-state index contributed by atoms with van der Waals surface area (Å²) in [6, 6.07) is 5.59. The van der Waals surface area contributed by atoms with Gasteiger partial charge in [-0.1, -0.05) is 39.8 Å². The molecule has 0 bridgehead atoms. The van der Waals surface area contributed by atoms with Gasteiger partial charge in [0.15, 0.2) is 0 Å². The zero-order valence-corrected chi connectivity index (χ0v) is 13.2. The van der Waals surface area contributed by atoms with Crippen molar-refractivity contribution in [1.29, 1.82) is 0 Å². The van der Waals surface area contributed by atoms with Gasteiger partial charge < -0.3 is 5.32 Å². The summed E-state index contributed by atoms with van der Waals surface area (Å²) in [5.41, 5.74) is 1.22. The third-order valence-corrected chi connectivity index (χ3v) is 5.71. The van der Waals surface area contributed by atoms with Gasteiger partial charge in [0.1, 0.15) is 5.82 Å². The summed E-state index contributed by atoms with van der Waals surface area (Å²) in [5.74, 6) is 0.300. The molecule has 1 unspecified atom stereocenters. The first-order valence-electron chi connectivity index (χ1n) is 6.36. The largest absolute Gasteiger partial charge is 0.313 e. The van der Waals surface area contributed by atoms with Crippen LogP contribution in [0.25, 0.3) is 0 Å². The summed E-state index contributed by atoms with van der Waals surface area (Å²) in [7, 11) is 1.91. The summed E-state index contributed by atoms with van der Waals surface area (Å²) in [6.45, 7) is 9.05. The lowest BCUT2D eigenvalue weighted by Crippen LogP contribution is -2.22. The van der Waals surface area contributed by atoms with Crippen molar-refractivity contribution in [3.63, 3.8) is 0 Å². The van der Waals surface area contributed by atoms with Gasteiger partial charge in [-0.25, -0.2) is 4.39 Å². The highest BCUT2D eigenvalue weighted by Gasteiger charge is 2.67. The second kappa shape index (κ2) is 4.31. The summed E-state index contributed by atoms with van der Waals surface area (Å²) < 4.78 is 14.8. The maximum atomic E-state index is 14.2. The lowest BCUT2D eigenvalue weighted by Gasteiger charge is -2.20. The van der Waals surface area contributed by atoms with Crippen LogP contribution >= 0.6 is 15.9 Å². The molecule has 1 aromatic rings. The predicted molar refractivity (Wildman–Crippen MR) is 77.0 cm³/mol. The van der Waals surface area contributed by atoms with E-state index in [4.69, 9.17) is 0 Å². The lowest BCUT2D eigenvalue weighted by atomic mass is 9.96. The van der Waals surface area contributed by atoms with Gasteiger partial charge in [0, 0.05) is 11.6 Å². The van der Waals surface area contributed by atoms with Crippen molar-refractivity contribution in [3.8, 4) is 0 Å². The normalized spacial score (nSPS) is 22.8. The fourth-order valence-electron chi connectivity index (χ4n) is 3.34. The number of nitrogens with one attached hydrogen (secondary N) is 1. The lowest BCUT2D eigenvalue weighted by molar-refractivity contribution is 0.420. The Labute approximate surface area is 117 Å². The molecule has 0 spiro atoms. The fourth-order valence-corrected chi connectivity index (χ4v) is 3.72. The highest BCUT2D eigenvalue weighted by molar-refractivity contribution is 9.10. The zero-order valence-electron chi connectivity index (χ0n) is 11.6. The quantitative estimate of drug-likeness (QED) is 0.864. The predicted octanol–water partition coefficient (Wildman–Crippen LogP) is 4.53. The van der Waals surface area contributed by atoms with E-state index in [1.807, 2.05) is 19.2 Å². The number of hydrogen-bond acceptors (Lipinski definition) is 1. The number of hydrogen-bond donors (Lipinski definition) is 1. The molecule has 1 saturated carbocycles. The van der Waals surface area contributed by atoms with Crippen LogP contribution in [0.1, 0.15) is 39.3 Å². The Morgan fingerprint density at radius 1 is 1.22 bits per heavy atom. The molecule has 0 heterocycles. The summed E-state index contributed by atoms with van der Waals surface area (Å²) in [4.78, 5) is 0. The smallest absolute Gasteiger partial charge is 0.142 e. The Balaban J connectivity index is 2.40. The summed E-state index contributed by atoms with van der Waals surface area (Å²) >= 11 is 3.27. The SMILES string of the molecule is CNC(c1cccc(Br)c1F)C1C(C)(C)C1(C)C. The maximum Gasteiger partial charge on any atom is 0.142 e. The maximum absolute atomic E-state index is 14.2. The van der Waals surface area contributed by atoms with Gasteiger partial charge in [-0.2, -0.15) is 0 Å². The Morgan fingerprint density at radius 2 is 1.78 bits per heavy atom. The molecule has 0 radical (unpaired) electrons.